The Balaban J connectivity index is 1.94. The van der Waals surface area contributed by atoms with Crippen molar-refractivity contribution in [3.8, 4) is 0 Å². The summed E-state index contributed by atoms with van der Waals surface area (Å²) in [5, 5.41) is 6.14. The number of carbonyl (C=O) groups is 2. The SMILES string of the molecule is CC(C)C(NC(=O)C(C)C1CNC1)C(=O)N1CCOCC1. The lowest BCUT2D eigenvalue weighted by Gasteiger charge is -2.35. The number of hydrogen-bond donors (Lipinski definition) is 2. The van der Waals surface area contributed by atoms with Gasteiger partial charge in [0.2, 0.25) is 11.8 Å². The van der Waals surface area contributed by atoms with Crippen LogP contribution in [0.5, 0.6) is 0 Å². The van der Waals surface area contributed by atoms with Crippen molar-refractivity contribution in [3.05, 3.63) is 0 Å². The van der Waals surface area contributed by atoms with Gasteiger partial charge in [0, 0.05) is 19.0 Å². The Morgan fingerprint density at radius 3 is 2.29 bits per heavy atom. The average molecular weight is 297 g/mol. The van der Waals surface area contributed by atoms with E-state index < -0.39 is 6.04 Å². The molecule has 0 aromatic heterocycles. The van der Waals surface area contributed by atoms with Crippen LogP contribution >= 0.6 is 0 Å². The summed E-state index contributed by atoms with van der Waals surface area (Å²) >= 11 is 0. The van der Waals surface area contributed by atoms with Gasteiger partial charge in [0.1, 0.15) is 6.04 Å². The van der Waals surface area contributed by atoms with E-state index in [1.54, 1.807) is 4.90 Å². The van der Waals surface area contributed by atoms with Crippen LogP contribution in [-0.4, -0.2) is 62.1 Å². The Morgan fingerprint density at radius 1 is 1.19 bits per heavy atom. The molecule has 6 nitrogen and oxygen atoms in total. The number of morpholine rings is 1. The van der Waals surface area contributed by atoms with E-state index in [9.17, 15) is 9.59 Å². The van der Waals surface area contributed by atoms with Crippen LogP contribution in [0.2, 0.25) is 0 Å². The van der Waals surface area contributed by atoms with Crippen molar-refractivity contribution >= 4 is 11.8 Å². The van der Waals surface area contributed by atoms with Gasteiger partial charge in [-0.1, -0.05) is 20.8 Å². The van der Waals surface area contributed by atoms with Gasteiger partial charge in [0.05, 0.1) is 13.2 Å². The summed E-state index contributed by atoms with van der Waals surface area (Å²) in [7, 11) is 0. The van der Waals surface area contributed by atoms with Gasteiger partial charge in [-0.05, 0) is 24.9 Å². The molecular formula is C15H27N3O3. The number of rotatable bonds is 5. The molecule has 2 N–H and O–H groups in total. The maximum atomic E-state index is 12.6. The molecule has 2 aliphatic heterocycles. The lowest BCUT2D eigenvalue weighted by molar-refractivity contribution is -0.142. The van der Waals surface area contributed by atoms with E-state index in [0.29, 0.717) is 32.2 Å². The van der Waals surface area contributed by atoms with Gasteiger partial charge in [-0.3, -0.25) is 9.59 Å². The summed E-state index contributed by atoms with van der Waals surface area (Å²) in [6.45, 7) is 10.0. The highest BCUT2D eigenvalue weighted by Gasteiger charge is 2.34. The van der Waals surface area contributed by atoms with Crippen molar-refractivity contribution in [2.45, 2.75) is 26.8 Å². The molecule has 2 saturated heterocycles. The molecule has 120 valence electrons. The van der Waals surface area contributed by atoms with Crippen LogP contribution < -0.4 is 10.6 Å². The first-order valence-corrected chi connectivity index (χ1v) is 7.88. The average Bonchev–Trinajstić information content (AvgIpc) is 2.42. The molecule has 2 fully saturated rings. The second kappa shape index (κ2) is 7.22. The lowest BCUT2D eigenvalue weighted by Crippen LogP contribution is -2.56. The highest BCUT2D eigenvalue weighted by Crippen LogP contribution is 2.17. The fourth-order valence-electron chi connectivity index (χ4n) is 2.66. The van der Waals surface area contributed by atoms with Gasteiger partial charge in [0.15, 0.2) is 0 Å². The summed E-state index contributed by atoms with van der Waals surface area (Å²) in [6.07, 6.45) is 0. The molecule has 2 heterocycles. The quantitative estimate of drug-likeness (QED) is 0.740. The maximum absolute atomic E-state index is 12.6. The molecule has 0 aromatic rings. The number of amides is 2. The smallest absolute Gasteiger partial charge is 0.245 e. The van der Waals surface area contributed by atoms with Gasteiger partial charge < -0.3 is 20.3 Å². The first-order chi connectivity index (χ1) is 10.0. The summed E-state index contributed by atoms with van der Waals surface area (Å²) < 4.78 is 5.27. The maximum Gasteiger partial charge on any atom is 0.245 e. The number of nitrogens with zero attached hydrogens (tertiary/aromatic N) is 1. The van der Waals surface area contributed by atoms with Crippen molar-refractivity contribution in [1.29, 1.82) is 0 Å². The molecule has 2 unspecified atom stereocenters. The molecule has 0 saturated carbocycles. The highest BCUT2D eigenvalue weighted by atomic mass is 16.5. The van der Waals surface area contributed by atoms with Gasteiger partial charge in [-0.25, -0.2) is 0 Å². The molecule has 2 amide bonds. The third-order valence-electron chi connectivity index (χ3n) is 4.49. The molecular weight excluding hydrogens is 270 g/mol. The number of ether oxygens (including phenoxy) is 1. The Hall–Kier alpha value is -1.14. The Morgan fingerprint density at radius 2 is 1.81 bits per heavy atom. The van der Waals surface area contributed by atoms with Gasteiger partial charge >= 0.3 is 0 Å². The van der Waals surface area contributed by atoms with E-state index >= 15 is 0 Å². The standard InChI is InChI=1S/C15H27N3O3/c1-10(2)13(15(20)18-4-6-21-7-5-18)17-14(19)11(3)12-8-16-9-12/h10-13,16H,4-9H2,1-3H3,(H,17,19). The topological polar surface area (TPSA) is 70.7 Å². The minimum absolute atomic E-state index is 0.0122. The summed E-state index contributed by atoms with van der Waals surface area (Å²) in [5.74, 6) is 0.416. The van der Waals surface area contributed by atoms with Crippen LogP contribution in [0.15, 0.2) is 0 Å². The van der Waals surface area contributed by atoms with E-state index in [-0.39, 0.29) is 23.7 Å². The Kier molecular flexibility index (Phi) is 5.58. The second-order valence-corrected chi connectivity index (χ2v) is 6.37. The molecule has 0 radical (unpaired) electrons. The van der Waals surface area contributed by atoms with Gasteiger partial charge in [-0.15, -0.1) is 0 Å². The zero-order valence-electron chi connectivity index (χ0n) is 13.2. The number of carbonyl (C=O) groups excluding carboxylic acids is 2. The van der Waals surface area contributed by atoms with Crippen molar-refractivity contribution < 1.29 is 14.3 Å². The normalized spacial score (nSPS) is 22.6. The van der Waals surface area contributed by atoms with Crippen molar-refractivity contribution in [1.82, 2.24) is 15.5 Å². The van der Waals surface area contributed by atoms with Crippen LogP contribution in [0.1, 0.15) is 20.8 Å². The summed E-state index contributed by atoms with van der Waals surface area (Å²) in [4.78, 5) is 26.7. The zero-order chi connectivity index (χ0) is 15.4. The largest absolute Gasteiger partial charge is 0.378 e. The van der Waals surface area contributed by atoms with Crippen molar-refractivity contribution in [2.24, 2.45) is 17.8 Å². The highest BCUT2D eigenvalue weighted by molar-refractivity contribution is 5.88. The van der Waals surface area contributed by atoms with Crippen LogP contribution in [0.3, 0.4) is 0 Å². The molecule has 0 aliphatic carbocycles. The molecule has 2 rings (SSSR count). The Bertz CT molecular complexity index is 376. The summed E-state index contributed by atoms with van der Waals surface area (Å²) in [6, 6.07) is -0.439. The number of hydrogen-bond acceptors (Lipinski definition) is 4. The van der Waals surface area contributed by atoms with E-state index in [1.807, 2.05) is 20.8 Å². The van der Waals surface area contributed by atoms with Gasteiger partial charge in [-0.2, -0.15) is 0 Å². The van der Waals surface area contributed by atoms with E-state index in [1.165, 1.54) is 0 Å². The molecule has 0 bridgehead atoms. The minimum Gasteiger partial charge on any atom is -0.378 e. The monoisotopic (exact) mass is 297 g/mol. The van der Waals surface area contributed by atoms with Crippen molar-refractivity contribution in [3.63, 3.8) is 0 Å². The van der Waals surface area contributed by atoms with E-state index in [0.717, 1.165) is 13.1 Å². The third-order valence-corrected chi connectivity index (χ3v) is 4.49. The first kappa shape index (κ1) is 16.2. The van der Waals surface area contributed by atoms with E-state index in [2.05, 4.69) is 10.6 Å². The second-order valence-electron chi connectivity index (χ2n) is 6.37. The predicted molar refractivity (Wildman–Crippen MR) is 79.7 cm³/mol. The van der Waals surface area contributed by atoms with Gasteiger partial charge in [0.25, 0.3) is 0 Å². The third kappa shape index (κ3) is 3.95. The minimum atomic E-state index is -0.439. The van der Waals surface area contributed by atoms with Crippen LogP contribution in [-0.2, 0) is 14.3 Å². The molecule has 6 heteroatoms. The number of nitrogens with one attached hydrogen (secondary N) is 2. The Labute approximate surface area is 126 Å². The van der Waals surface area contributed by atoms with Crippen molar-refractivity contribution in [2.75, 3.05) is 39.4 Å². The lowest BCUT2D eigenvalue weighted by atomic mass is 9.87. The molecule has 0 spiro atoms. The predicted octanol–water partition coefficient (Wildman–Crippen LogP) is -0.158. The summed E-state index contributed by atoms with van der Waals surface area (Å²) in [5.41, 5.74) is 0. The fourth-order valence-corrected chi connectivity index (χ4v) is 2.66. The van der Waals surface area contributed by atoms with E-state index in [4.69, 9.17) is 4.74 Å². The van der Waals surface area contributed by atoms with Crippen LogP contribution in [0, 0.1) is 17.8 Å². The molecule has 21 heavy (non-hydrogen) atoms. The van der Waals surface area contributed by atoms with Crippen LogP contribution in [0.4, 0.5) is 0 Å². The molecule has 0 aromatic carbocycles. The molecule has 2 atom stereocenters. The van der Waals surface area contributed by atoms with Crippen LogP contribution in [0.25, 0.3) is 0 Å². The molecule has 2 aliphatic rings. The fraction of sp³-hybridized carbons (Fsp3) is 0.867. The first-order valence-electron chi connectivity index (χ1n) is 7.88. The zero-order valence-corrected chi connectivity index (χ0v) is 13.2.